The van der Waals surface area contributed by atoms with Crippen LogP contribution in [0.3, 0.4) is 0 Å². The fraction of sp³-hybridized carbons (Fsp3) is 0.308. The molecule has 0 saturated carbocycles. The molecule has 0 bridgehead atoms. The molecule has 2 aliphatic heterocycles. The second-order valence-electron chi connectivity index (χ2n) is 8.87. The molecule has 4 aromatic rings. The molecule has 2 aliphatic rings. The van der Waals surface area contributed by atoms with Crippen LogP contribution >= 0.6 is 0 Å². The first-order valence-corrected chi connectivity index (χ1v) is 11.9. The number of aromatic nitrogens is 3. The number of imidazole rings is 1. The Kier molecular flexibility index (Phi) is 5.54. The summed E-state index contributed by atoms with van der Waals surface area (Å²) in [6, 6.07) is 12.1. The summed E-state index contributed by atoms with van der Waals surface area (Å²) in [6.45, 7) is 2.97. The topological polar surface area (TPSA) is 96.2 Å². The number of rotatable bonds is 5. The van der Waals surface area contributed by atoms with Crippen LogP contribution in [0.25, 0.3) is 16.9 Å². The normalized spacial score (nSPS) is 17.4. The summed E-state index contributed by atoms with van der Waals surface area (Å²) in [5, 5.41) is 16.9. The van der Waals surface area contributed by atoms with E-state index in [1.165, 1.54) is 0 Å². The highest BCUT2D eigenvalue weighted by Crippen LogP contribution is 2.36. The van der Waals surface area contributed by atoms with Crippen LogP contribution in [-0.2, 0) is 0 Å². The number of aliphatic hydroxyl groups is 1. The lowest BCUT2D eigenvalue weighted by Crippen LogP contribution is -2.38. The van der Waals surface area contributed by atoms with E-state index in [0.29, 0.717) is 19.0 Å². The van der Waals surface area contributed by atoms with Gasteiger partial charge in [-0.2, -0.15) is 0 Å². The molecule has 1 fully saturated rings. The molecule has 0 spiro atoms. The van der Waals surface area contributed by atoms with Gasteiger partial charge in [0.15, 0.2) is 11.5 Å². The van der Waals surface area contributed by atoms with Crippen molar-refractivity contribution >= 4 is 28.5 Å². The summed E-state index contributed by atoms with van der Waals surface area (Å²) < 4.78 is 13.4. The number of aliphatic hydroxyl groups excluding tert-OH is 1. The molecule has 1 saturated heterocycles. The summed E-state index contributed by atoms with van der Waals surface area (Å²) in [5.74, 6) is 2.26. The molecule has 2 aromatic heterocycles. The number of fused-ring (bicyclic) bond motifs is 2. The number of piperidine rings is 1. The van der Waals surface area contributed by atoms with Gasteiger partial charge < -0.3 is 34.5 Å². The van der Waals surface area contributed by atoms with Crippen LogP contribution in [0.2, 0.25) is 0 Å². The maximum Gasteiger partial charge on any atom is 0.180 e. The van der Waals surface area contributed by atoms with Gasteiger partial charge in [-0.1, -0.05) is 0 Å². The average molecular weight is 473 g/mol. The first kappa shape index (κ1) is 21.5. The van der Waals surface area contributed by atoms with E-state index in [1.807, 2.05) is 47.1 Å². The van der Waals surface area contributed by atoms with Gasteiger partial charge in [0.1, 0.15) is 18.1 Å². The number of β-amino-alcohol motifs (C(OH)–C–C–N with tert-alkyl or cyclic N) is 1. The zero-order chi connectivity index (χ0) is 23.8. The van der Waals surface area contributed by atoms with E-state index < -0.39 is 0 Å². The summed E-state index contributed by atoms with van der Waals surface area (Å²) in [6.07, 6.45) is 7.15. The Bertz CT molecular complexity index is 1370. The van der Waals surface area contributed by atoms with E-state index in [-0.39, 0.29) is 6.10 Å². The van der Waals surface area contributed by atoms with Gasteiger partial charge in [-0.3, -0.25) is 0 Å². The van der Waals surface area contributed by atoms with Crippen LogP contribution in [0.1, 0.15) is 12.8 Å². The third-order valence-corrected chi connectivity index (χ3v) is 6.50. The maximum atomic E-state index is 10.1. The minimum Gasteiger partial charge on any atom is -0.495 e. The molecule has 0 unspecified atom stereocenters. The van der Waals surface area contributed by atoms with Crippen LogP contribution in [0.4, 0.5) is 22.9 Å². The molecular formula is C26H28N6O3. The van der Waals surface area contributed by atoms with Gasteiger partial charge >= 0.3 is 0 Å². The summed E-state index contributed by atoms with van der Waals surface area (Å²) in [5.41, 5.74) is 5.33. The van der Waals surface area contributed by atoms with Gasteiger partial charge in [0.2, 0.25) is 0 Å². The first-order valence-electron chi connectivity index (χ1n) is 11.9. The molecule has 0 amide bonds. The standard InChI is InChI=1S/C26H28N6O3/c1-34-24-14-18(5-6-22(24)31-10-2-3-19(33)15-31)29-25-26-28-8-11-32(26)16-21(30-25)17-4-7-23-20(13-17)27-9-12-35-23/h4-8,11,13-14,16,19,27,33H,2-3,9-10,12,15H2,1H3,(H,29,30)/t19-/m1/s1. The van der Waals surface area contributed by atoms with Crippen molar-refractivity contribution in [3.05, 3.63) is 55.0 Å². The van der Waals surface area contributed by atoms with Crippen molar-refractivity contribution in [2.75, 3.05) is 48.9 Å². The predicted molar refractivity (Wildman–Crippen MR) is 136 cm³/mol. The SMILES string of the molecule is COc1cc(Nc2nc(-c3ccc4c(c3)NCCO4)cn3ccnc23)ccc1N1CCC[C@@H](O)C1. The van der Waals surface area contributed by atoms with Crippen LogP contribution in [0, 0.1) is 0 Å². The molecule has 6 rings (SSSR count). The molecule has 1 atom stereocenters. The molecule has 0 radical (unpaired) electrons. The first-order chi connectivity index (χ1) is 17.2. The van der Waals surface area contributed by atoms with E-state index in [4.69, 9.17) is 14.5 Å². The van der Waals surface area contributed by atoms with Crippen molar-refractivity contribution in [2.45, 2.75) is 18.9 Å². The molecule has 0 aliphatic carbocycles. The quantitative estimate of drug-likeness (QED) is 0.402. The third-order valence-electron chi connectivity index (χ3n) is 6.50. The van der Waals surface area contributed by atoms with Gasteiger partial charge in [0, 0.05) is 55.5 Å². The fourth-order valence-electron chi connectivity index (χ4n) is 4.78. The van der Waals surface area contributed by atoms with Crippen molar-refractivity contribution in [3.63, 3.8) is 0 Å². The Balaban J connectivity index is 1.34. The van der Waals surface area contributed by atoms with Gasteiger partial charge in [-0.15, -0.1) is 0 Å². The van der Waals surface area contributed by atoms with E-state index >= 15 is 0 Å². The van der Waals surface area contributed by atoms with E-state index in [1.54, 1.807) is 13.3 Å². The van der Waals surface area contributed by atoms with Crippen LogP contribution in [0.5, 0.6) is 11.5 Å². The van der Waals surface area contributed by atoms with Crippen molar-refractivity contribution in [1.29, 1.82) is 0 Å². The Morgan fingerprint density at radius 1 is 1.23 bits per heavy atom. The Morgan fingerprint density at radius 2 is 2.17 bits per heavy atom. The maximum absolute atomic E-state index is 10.1. The summed E-state index contributed by atoms with van der Waals surface area (Å²) >= 11 is 0. The molecule has 3 N–H and O–H groups in total. The number of nitrogens with one attached hydrogen (secondary N) is 2. The van der Waals surface area contributed by atoms with Crippen molar-refractivity contribution in [2.24, 2.45) is 0 Å². The smallest absolute Gasteiger partial charge is 0.180 e. The van der Waals surface area contributed by atoms with Crippen LogP contribution in [0.15, 0.2) is 55.0 Å². The Morgan fingerprint density at radius 3 is 3.06 bits per heavy atom. The minimum absolute atomic E-state index is 0.308. The zero-order valence-electron chi connectivity index (χ0n) is 19.6. The highest BCUT2D eigenvalue weighted by Gasteiger charge is 2.21. The van der Waals surface area contributed by atoms with E-state index in [0.717, 1.165) is 71.4 Å². The summed E-state index contributed by atoms with van der Waals surface area (Å²) in [4.78, 5) is 11.6. The molecule has 4 heterocycles. The van der Waals surface area contributed by atoms with Crippen LogP contribution in [-0.4, -0.2) is 58.9 Å². The summed E-state index contributed by atoms with van der Waals surface area (Å²) in [7, 11) is 1.67. The number of hydrogen-bond donors (Lipinski definition) is 3. The number of ether oxygens (including phenoxy) is 2. The lowest BCUT2D eigenvalue weighted by molar-refractivity contribution is 0.154. The fourth-order valence-corrected chi connectivity index (χ4v) is 4.78. The molecule has 180 valence electrons. The van der Waals surface area contributed by atoms with Crippen molar-refractivity contribution in [3.8, 4) is 22.8 Å². The molecule has 9 nitrogen and oxygen atoms in total. The largest absolute Gasteiger partial charge is 0.495 e. The molecule has 9 heteroatoms. The number of hydrogen-bond acceptors (Lipinski definition) is 8. The van der Waals surface area contributed by atoms with Crippen LogP contribution < -0.4 is 25.0 Å². The molecular weight excluding hydrogens is 444 g/mol. The molecule has 35 heavy (non-hydrogen) atoms. The van der Waals surface area contributed by atoms with Gasteiger partial charge in [-0.25, -0.2) is 9.97 Å². The second-order valence-corrected chi connectivity index (χ2v) is 8.87. The van der Waals surface area contributed by atoms with Gasteiger partial charge in [0.05, 0.1) is 30.3 Å². The third kappa shape index (κ3) is 4.19. The van der Waals surface area contributed by atoms with Crippen molar-refractivity contribution in [1.82, 2.24) is 14.4 Å². The Labute approximate surface area is 203 Å². The highest BCUT2D eigenvalue weighted by atomic mass is 16.5. The predicted octanol–water partition coefficient (Wildman–Crippen LogP) is 3.91. The van der Waals surface area contributed by atoms with E-state index in [2.05, 4.69) is 26.6 Å². The van der Waals surface area contributed by atoms with Crippen molar-refractivity contribution < 1.29 is 14.6 Å². The minimum atomic E-state index is -0.308. The monoisotopic (exact) mass is 472 g/mol. The average Bonchev–Trinajstić information content (AvgIpc) is 3.37. The van der Waals surface area contributed by atoms with Gasteiger partial charge in [0.25, 0.3) is 0 Å². The zero-order valence-corrected chi connectivity index (χ0v) is 19.6. The molecule has 2 aromatic carbocycles. The van der Waals surface area contributed by atoms with E-state index in [9.17, 15) is 5.11 Å². The second kappa shape index (κ2) is 8.99. The highest BCUT2D eigenvalue weighted by molar-refractivity contribution is 5.77. The lowest BCUT2D eigenvalue weighted by atomic mass is 10.1. The number of methoxy groups -OCH3 is 1. The number of benzene rings is 2. The van der Waals surface area contributed by atoms with Gasteiger partial charge in [-0.05, 0) is 43.2 Å². The number of nitrogens with zero attached hydrogens (tertiary/aromatic N) is 4. The number of anilines is 4. The Hall–Kier alpha value is -3.98. The lowest BCUT2D eigenvalue weighted by Gasteiger charge is -2.33.